The van der Waals surface area contributed by atoms with Gasteiger partial charge in [0.15, 0.2) is 5.75 Å². The van der Waals surface area contributed by atoms with E-state index in [4.69, 9.17) is 4.74 Å². The lowest BCUT2D eigenvalue weighted by Gasteiger charge is -2.34. The summed E-state index contributed by atoms with van der Waals surface area (Å²) in [5.41, 5.74) is 0.531. The van der Waals surface area contributed by atoms with E-state index in [0.29, 0.717) is 26.2 Å². The maximum atomic E-state index is 12.4. The lowest BCUT2D eigenvalue weighted by Crippen LogP contribution is -2.49. The zero-order chi connectivity index (χ0) is 17.8. The minimum atomic E-state index is -3.62. The first-order valence-electron chi connectivity index (χ1n) is 8.12. The molecule has 2 rings (SSSR count). The molecule has 134 valence electrons. The topological polar surface area (TPSA) is 66.9 Å². The minimum Gasteiger partial charge on any atom is -0.459 e. The summed E-state index contributed by atoms with van der Waals surface area (Å²) in [7, 11) is -3.62. The lowest BCUT2D eigenvalue weighted by molar-refractivity contribution is -0.151. The fourth-order valence-corrected chi connectivity index (χ4v) is 3.88. The SMILES string of the molecule is CC(C)(C)OC(=O)CS(=O)(=O)N1CCN(Cc2ccccc2)CC1. The van der Waals surface area contributed by atoms with Crippen molar-refractivity contribution in [3.8, 4) is 0 Å². The van der Waals surface area contributed by atoms with Gasteiger partial charge in [-0.15, -0.1) is 0 Å². The molecule has 0 bridgehead atoms. The van der Waals surface area contributed by atoms with Crippen LogP contribution in [0.3, 0.4) is 0 Å². The Morgan fingerprint density at radius 1 is 1.08 bits per heavy atom. The van der Waals surface area contributed by atoms with Gasteiger partial charge in [0.1, 0.15) is 5.60 Å². The quantitative estimate of drug-likeness (QED) is 0.749. The standard InChI is InChI=1S/C17H26N2O4S/c1-17(2,3)23-16(20)14-24(21,22)19-11-9-18(10-12-19)13-15-7-5-4-6-8-15/h4-8H,9-14H2,1-3H3. The van der Waals surface area contributed by atoms with Gasteiger partial charge in [0.05, 0.1) is 0 Å². The van der Waals surface area contributed by atoms with Crippen molar-refractivity contribution in [1.82, 2.24) is 9.21 Å². The average Bonchev–Trinajstić information content (AvgIpc) is 2.46. The average molecular weight is 354 g/mol. The maximum Gasteiger partial charge on any atom is 0.323 e. The summed E-state index contributed by atoms with van der Waals surface area (Å²) in [6.07, 6.45) is 0. The van der Waals surface area contributed by atoms with Gasteiger partial charge < -0.3 is 4.74 Å². The van der Waals surface area contributed by atoms with Crippen LogP contribution in [0.4, 0.5) is 0 Å². The molecule has 0 unspecified atom stereocenters. The van der Waals surface area contributed by atoms with Crippen LogP contribution in [-0.2, 0) is 26.1 Å². The molecule has 1 aliphatic rings. The molecule has 0 spiro atoms. The third-order valence-electron chi connectivity index (χ3n) is 3.69. The number of ether oxygens (including phenoxy) is 1. The number of hydrogen-bond acceptors (Lipinski definition) is 5. The molecule has 0 N–H and O–H groups in total. The van der Waals surface area contributed by atoms with Gasteiger partial charge in [-0.1, -0.05) is 30.3 Å². The van der Waals surface area contributed by atoms with Crippen LogP contribution in [0.25, 0.3) is 0 Å². The summed E-state index contributed by atoms with van der Waals surface area (Å²) < 4.78 is 31.2. The van der Waals surface area contributed by atoms with Crippen LogP contribution in [0.1, 0.15) is 26.3 Å². The largest absolute Gasteiger partial charge is 0.459 e. The highest BCUT2D eigenvalue weighted by Crippen LogP contribution is 2.13. The van der Waals surface area contributed by atoms with E-state index in [-0.39, 0.29) is 0 Å². The summed E-state index contributed by atoms with van der Waals surface area (Å²) in [5, 5.41) is 0. The molecular formula is C17H26N2O4S. The summed E-state index contributed by atoms with van der Waals surface area (Å²) in [4.78, 5) is 14.0. The molecule has 1 aromatic carbocycles. The van der Waals surface area contributed by atoms with E-state index in [1.165, 1.54) is 9.87 Å². The molecule has 0 aliphatic carbocycles. The minimum absolute atomic E-state index is 0.401. The summed E-state index contributed by atoms with van der Waals surface area (Å²) in [5.74, 6) is -1.29. The molecular weight excluding hydrogens is 328 g/mol. The van der Waals surface area contributed by atoms with Crippen LogP contribution in [0, 0.1) is 0 Å². The van der Waals surface area contributed by atoms with Crippen molar-refractivity contribution in [2.45, 2.75) is 32.9 Å². The number of carbonyl (C=O) groups is 1. The van der Waals surface area contributed by atoms with E-state index in [1.54, 1.807) is 20.8 Å². The van der Waals surface area contributed by atoms with Crippen LogP contribution in [0.2, 0.25) is 0 Å². The van der Waals surface area contributed by atoms with Crippen molar-refractivity contribution in [3.63, 3.8) is 0 Å². The maximum absolute atomic E-state index is 12.4. The summed E-state index contributed by atoms with van der Waals surface area (Å²) in [6, 6.07) is 10.1. The molecule has 0 radical (unpaired) electrons. The van der Waals surface area contributed by atoms with Crippen molar-refractivity contribution >= 4 is 16.0 Å². The van der Waals surface area contributed by atoms with Gasteiger partial charge in [0.2, 0.25) is 10.0 Å². The smallest absolute Gasteiger partial charge is 0.323 e. The van der Waals surface area contributed by atoms with Crippen LogP contribution < -0.4 is 0 Å². The highest BCUT2D eigenvalue weighted by atomic mass is 32.2. The molecule has 7 heteroatoms. The zero-order valence-electron chi connectivity index (χ0n) is 14.6. The first kappa shape index (κ1) is 18.9. The Hall–Kier alpha value is -1.44. The molecule has 1 aromatic rings. The summed E-state index contributed by atoms with van der Waals surface area (Å²) >= 11 is 0. The third-order valence-corrected chi connectivity index (χ3v) is 5.45. The number of piperazine rings is 1. The Kier molecular flexibility index (Phi) is 6.01. The van der Waals surface area contributed by atoms with Gasteiger partial charge in [-0.2, -0.15) is 4.31 Å². The van der Waals surface area contributed by atoms with Crippen molar-refractivity contribution in [3.05, 3.63) is 35.9 Å². The van der Waals surface area contributed by atoms with E-state index < -0.39 is 27.3 Å². The number of nitrogens with zero attached hydrogens (tertiary/aromatic N) is 2. The van der Waals surface area contributed by atoms with Gasteiger partial charge >= 0.3 is 5.97 Å². The molecule has 0 amide bonds. The van der Waals surface area contributed by atoms with Crippen LogP contribution in [-0.4, -0.2) is 61.1 Å². The highest BCUT2D eigenvalue weighted by Gasteiger charge is 2.30. The number of hydrogen-bond donors (Lipinski definition) is 0. The number of sulfonamides is 1. The summed E-state index contributed by atoms with van der Waals surface area (Å²) in [6.45, 7) is 8.08. The molecule has 1 aliphatic heterocycles. The van der Waals surface area contributed by atoms with Gasteiger partial charge in [-0.25, -0.2) is 8.42 Å². The van der Waals surface area contributed by atoms with E-state index >= 15 is 0 Å². The van der Waals surface area contributed by atoms with Crippen LogP contribution in [0.15, 0.2) is 30.3 Å². The van der Waals surface area contributed by atoms with Crippen molar-refractivity contribution in [1.29, 1.82) is 0 Å². The molecule has 0 saturated carbocycles. The highest BCUT2D eigenvalue weighted by molar-refractivity contribution is 7.89. The third kappa shape index (κ3) is 5.89. The van der Waals surface area contributed by atoms with Gasteiger partial charge in [0, 0.05) is 32.7 Å². The Bertz CT molecular complexity index is 645. The molecule has 6 nitrogen and oxygen atoms in total. The Morgan fingerprint density at radius 2 is 1.67 bits per heavy atom. The zero-order valence-corrected chi connectivity index (χ0v) is 15.4. The van der Waals surface area contributed by atoms with E-state index in [2.05, 4.69) is 17.0 Å². The van der Waals surface area contributed by atoms with Crippen molar-refractivity contribution < 1.29 is 17.9 Å². The Labute approximate surface area is 144 Å². The number of benzene rings is 1. The fourth-order valence-electron chi connectivity index (χ4n) is 2.62. The molecule has 1 saturated heterocycles. The number of carbonyl (C=O) groups excluding carboxylic acids is 1. The predicted octanol–water partition coefficient (Wildman–Crippen LogP) is 1.48. The monoisotopic (exact) mass is 354 g/mol. The lowest BCUT2D eigenvalue weighted by atomic mass is 10.2. The first-order chi connectivity index (χ1) is 11.2. The second-order valence-corrected chi connectivity index (χ2v) is 8.97. The second-order valence-electron chi connectivity index (χ2n) is 7.00. The molecule has 24 heavy (non-hydrogen) atoms. The van der Waals surface area contributed by atoms with Crippen LogP contribution in [0.5, 0.6) is 0 Å². The van der Waals surface area contributed by atoms with Gasteiger partial charge in [0.25, 0.3) is 0 Å². The van der Waals surface area contributed by atoms with Crippen molar-refractivity contribution in [2.24, 2.45) is 0 Å². The predicted molar refractivity (Wildman–Crippen MR) is 92.9 cm³/mol. The van der Waals surface area contributed by atoms with Gasteiger partial charge in [-0.3, -0.25) is 9.69 Å². The Morgan fingerprint density at radius 3 is 2.21 bits per heavy atom. The second kappa shape index (κ2) is 7.63. The molecule has 1 heterocycles. The van der Waals surface area contributed by atoms with Crippen LogP contribution >= 0.6 is 0 Å². The Balaban J connectivity index is 1.85. The van der Waals surface area contributed by atoms with E-state index in [1.807, 2.05) is 18.2 Å². The van der Waals surface area contributed by atoms with Crippen molar-refractivity contribution in [2.75, 3.05) is 31.9 Å². The fraction of sp³-hybridized carbons (Fsp3) is 0.588. The molecule has 0 aromatic heterocycles. The number of rotatable bonds is 5. The van der Waals surface area contributed by atoms with Gasteiger partial charge in [-0.05, 0) is 26.3 Å². The van der Waals surface area contributed by atoms with E-state index in [9.17, 15) is 13.2 Å². The van der Waals surface area contributed by atoms with E-state index in [0.717, 1.165) is 6.54 Å². The number of esters is 1. The normalized spacial score (nSPS) is 17.6. The molecule has 0 atom stereocenters. The molecule has 1 fully saturated rings. The first-order valence-corrected chi connectivity index (χ1v) is 9.73.